The fourth-order valence-electron chi connectivity index (χ4n) is 2.81. The van der Waals surface area contributed by atoms with Crippen LogP contribution in [0.25, 0.3) is 22.2 Å². The van der Waals surface area contributed by atoms with Crippen LogP contribution in [0.1, 0.15) is 17.2 Å². The summed E-state index contributed by atoms with van der Waals surface area (Å²) in [5.74, 6) is -0.266. The van der Waals surface area contributed by atoms with Crippen molar-refractivity contribution < 1.29 is 4.39 Å². The summed E-state index contributed by atoms with van der Waals surface area (Å²) >= 11 is 0. The lowest BCUT2D eigenvalue weighted by atomic mass is 9.98. The molecule has 2 aromatic carbocycles. The Balaban J connectivity index is 1.80. The summed E-state index contributed by atoms with van der Waals surface area (Å²) in [6, 6.07) is 15.8. The van der Waals surface area contributed by atoms with Crippen molar-refractivity contribution in [1.29, 1.82) is 0 Å². The number of pyridine rings is 1. The Morgan fingerprint density at radius 2 is 1.83 bits per heavy atom. The molecule has 0 radical (unpaired) electrons. The molecule has 118 valence electrons. The lowest BCUT2D eigenvalue weighted by Crippen LogP contribution is -2.11. The number of aromatic nitrogens is 3. The molecule has 4 rings (SSSR count). The van der Waals surface area contributed by atoms with Gasteiger partial charge in [-0.1, -0.05) is 12.1 Å². The summed E-state index contributed by atoms with van der Waals surface area (Å²) in [4.78, 5) is 4.12. The Morgan fingerprint density at radius 3 is 2.58 bits per heavy atom. The molecule has 0 fully saturated rings. The van der Waals surface area contributed by atoms with Crippen LogP contribution in [0.4, 0.5) is 4.39 Å². The molecule has 0 aliphatic carbocycles. The van der Waals surface area contributed by atoms with Crippen molar-refractivity contribution in [3.05, 3.63) is 83.9 Å². The number of nitrogens with two attached hydrogens (primary N) is 1. The molecule has 0 amide bonds. The molecule has 2 heterocycles. The third-order valence-electron chi connectivity index (χ3n) is 4.11. The highest BCUT2D eigenvalue weighted by Gasteiger charge is 2.13. The molecule has 0 bridgehead atoms. The molecular formula is C19H15FN4. The van der Waals surface area contributed by atoms with E-state index in [2.05, 4.69) is 15.2 Å². The highest BCUT2D eigenvalue weighted by atomic mass is 19.1. The number of halogens is 1. The first-order valence-electron chi connectivity index (χ1n) is 7.62. The Hall–Kier alpha value is -3.05. The van der Waals surface area contributed by atoms with Crippen molar-refractivity contribution in [2.24, 2.45) is 5.73 Å². The van der Waals surface area contributed by atoms with Crippen LogP contribution in [0, 0.1) is 5.82 Å². The summed E-state index contributed by atoms with van der Waals surface area (Å²) in [7, 11) is 0. The largest absolute Gasteiger partial charge is 0.320 e. The summed E-state index contributed by atoms with van der Waals surface area (Å²) in [6.45, 7) is 0. The van der Waals surface area contributed by atoms with Crippen LogP contribution >= 0.6 is 0 Å². The second-order valence-corrected chi connectivity index (χ2v) is 5.65. The molecule has 3 N–H and O–H groups in total. The molecule has 0 spiro atoms. The Kier molecular flexibility index (Phi) is 3.55. The summed E-state index contributed by atoms with van der Waals surface area (Å²) in [5, 5.41) is 8.33. The predicted octanol–water partition coefficient (Wildman–Crippen LogP) is 3.81. The summed E-state index contributed by atoms with van der Waals surface area (Å²) in [5.41, 5.74) is 10.8. The van der Waals surface area contributed by atoms with E-state index in [1.165, 1.54) is 12.1 Å². The van der Waals surface area contributed by atoms with E-state index in [0.717, 1.165) is 33.3 Å². The molecule has 4 aromatic rings. The molecule has 0 saturated heterocycles. The lowest BCUT2D eigenvalue weighted by molar-refractivity contribution is 0.628. The number of aromatic amines is 1. The van der Waals surface area contributed by atoms with Gasteiger partial charge in [0.1, 0.15) is 5.82 Å². The Morgan fingerprint density at radius 1 is 1.00 bits per heavy atom. The fourth-order valence-corrected chi connectivity index (χ4v) is 2.81. The van der Waals surface area contributed by atoms with E-state index in [0.29, 0.717) is 0 Å². The predicted molar refractivity (Wildman–Crippen MR) is 91.8 cm³/mol. The Labute approximate surface area is 138 Å². The van der Waals surface area contributed by atoms with Crippen molar-refractivity contribution in [1.82, 2.24) is 15.2 Å². The Bertz CT molecular complexity index is 977. The molecule has 0 aliphatic heterocycles. The van der Waals surface area contributed by atoms with E-state index < -0.39 is 0 Å². The standard InChI is InChI=1S/C19H15FN4/c20-15-6-3-12(4-7-15)19-16-10-13(5-8-17(16)23-24-19)18(21)14-2-1-9-22-11-14/h1-11,18H,21H2,(H,23,24). The topological polar surface area (TPSA) is 67.6 Å². The lowest BCUT2D eigenvalue weighted by Gasteiger charge is -2.12. The van der Waals surface area contributed by atoms with Gasteiger partial charge in [0.2, 0.25) is 0 Å². The zero-order valence-corrected chi connectivity index (χ0v) is 12.8. The van der Waals surface area contributed by atoms with Gasteiger partial charge < -0.3 is 5.73 Å². The minimum absolute atomic E-state index is 0.265. The summed E-state index contributed by atoms with van der Waals surface area (Å²) < 4.78 is 13.1. The normalized spacial score (nSPS) is 12.4. The van der Waals surface area contributed by atoms with Crippen LogP contribution in [-0.4, -0.2) is 15.2 Å². The minimum atomic E-state index is -0.266. The molecule has 1 unspecified atom stereocenters. The van der Waals surface area contributed by atoms with Crippen molar-refractivity contribution in [3.8, 4) is 11.3 Å². The molecular weight excluding hydrogens is 303 g/mol. The minimum Gasteiger partial charge on any atom is -0.320 e. The van der Waals surface area contributed by atoms with Crippen LogP contribution in [-0.2, 0) is 0 Å². The number of fused-ring (bicyclic) bond motifs is 1. The van der Waals surface area contributed by atoms with E-state index in [1.54, 1.807) is 24.5 Å². The molecule has 0 saturated carbocycles. The van der Waals surface area contributed by atoms with Crippen LogP contribution in [0.2, 0.25) is 0 Å². The zero-order valence-electron chi connectivity index (χ0n) is 12.8. The van der Waals surface area contributed by atoms with Gasteiger partial charge in [0, 0.05) is 23.3 Å². The molecule has 1 atom stereocenters. The van der Waals surface area contributed by atoms with Gasteiger partial charge in [-0.15, -0.1) is 0 Å². The van der Waals surface area contributed by atoms with Gasteiger partial charge in [-0.3, -0.25) is 10.1 Å². The number of hydrogen-bond acceptors (Lipinski definition) is 3. The van der Waals surface area contributed by atoms with Gasteiger partial charge in [-0.05, 0) is 53.6 Å². The molecule has 24 heavy (non-hydrogen) atoms. The highest BCUT2D eigenvalue weighted by molar-refractivity contribution is 5.93. The van der Waals surface area contributed by atoms with Crippen LogP contribution < -0.4 is 5.73 Å². The van der Waals surface area contributed by atoms with Gasteiger partial charge in [0.05, 0.1) is 17.3 Å². The first-order valence-corrected chi connectivity index (χ1v) is 7.62. The maximum Gasteiger partial charge on any atom is 0.123 e. The van der Waals surface area contributed by atoms with Gasteiger partial charge in [-0.2, -0.15) is 5.10 Å². The van der Waals surface area contributed by atoms with E-state index in [-0.39, 0.29) is 11.9 Å². The number of hydrogen-bond donors (Lipinski definition) is 2. The van der Waals surface area contributed by atoms with Gasteiger partial charge in [-0.25, -0.2) is 4.39 Å². The average Bonchev–Trinajstić information content (AvgIpc) is 3.05. The quantitative estimate of drug-likeness (QED) is 0.603. The molecule has 4 nitrogen and oxygen atoms in total. The van der Waals surface area contributed by atoms with Gasteiger partial charge in [0.25, 0.3) is 0 Å². The highest BCUT2D eigenvalue weighted by Crippen LogP contribution is 2.29. The smallest absolute Gasteiger partial charge is 0.123 e. The third-order valence-corrected chi connectivity index (χ3v) is 4.11. The monoisotopic (exact) mass is 318 g/mol. The summed E-state index contributed by atoms with van der Waals surface area (Å²) in [6.07, 6.45) is 3.49. The number of benzene rings is 2. The number of nitrogens with zero attached hydrogens (tertiary/aromatic N) is 2. The first-order chi connectivity index (χ1) is 11.7. The fraction of sp³-hybridized carbons (Fsp3) is 0.0526. The van der Waals surface area contributed by atoms with Crippen molar-refractivity contribution in [3.63, 3.8) is 0 Å². The van der Waals surface area contributed by atoms with E-state index in [1.807, 2.05) is 30.3 Å². The third kappa shape index (κ3) is 2.55. The maximum absolute atomic E-state index is 13.1. The van der Waals surface area contributed by atoms with Gasteiger partial charge in [0.15, 0.2) is 0 Å². The van der Waals surface area contributed by atoms with E-state index in [4.69, 9.17) is 5.73 Å². The molecule has 2 aromatic heterocycles. The van der Waals surface area contributed by atoms with Crippen molar-refractivity contribution in [2.45, 2.75) is 6.04 Å². The van der Waals surface area contributed by atoms with Crippen molar-refractivity contribution >= 4 is 10.9 Å². The molecule has 0 aliphatic rings. The van der Waals surface area contributed by atoms with E-state index >= 15 is 0 Å². The second kappa shape index (κ2) is 5.86. The zero-order chi connectivity index (χ0) is 16.5. The number of H-pyrrole nitrogens is 1. The number of rotatable bonds is 3. The second-order valence-electron chi connectivity index (χ2n) is 5.65. The van der Waals surface area contributed by atoms with E-state index in [9.17, 15) is 4.39 Å². The maximum atomic E-state index is 13.1. The van der Waals surface area contributed by atoms with Crippen LogP contribution in [0.3, 0.4) is 0 Å². The SMILES string of the molecule is NC(c1cccnc1)c1ccc2[nH]nc(-c3ccc(F)cc3)c2c1. The van der Waals surface area contributed by atoms with Crippen LogP contribution in [0.15, 0.2) is 67.0 Å². The molecule has 5 heteroatoms. The number of nitrogens with one attached hydrogen (secondary N) is 1. The van der Waals surface area contributed by atoms with Crippen molar-refractivity contribution in [2.75, 3.05) is 0 Å². The first kappa shape index (κ1) is 14.5. The van der Waals surface area contributed by atoms with Gasteiger partial charge >= 0.3 is 0 Å². The average molecular weight is 318 g/mol. The van der Waals surface area contributed by atoms with Crippen LogP contribution in [0.5, 0.6) is 0 Å².